The zero-order valence-corrected chi connectivity index (χ0v) is 13.6. The molecule has 2 unspecified atom stereocenters. The maximum absolute atomic E-state index is 13.0. The Morgan fingerprint density at radius 1 is 1.29 bits per heavy atom. The van der Waals surface area contributed by atoms with Gasteiger partial charge in [0.05, 0.1) is 23.0 Å². The van der Waals surface area contributed by atoms with Gasteiger partial charge in [0.15, 0.2) is 0 Å². The summed E-state index contributed by atoms with van der Waals surface area (Å²) in [5.41, 5.74) is 0.333. The maximum atomic E-state index is 13.0. The molecule has 124 valence electrons. The summed E-state index contributed by atoms with van der Waals surface area (Å²) in [5, 5.41) is 3.88. The average molecular weight is 347 g/mol. The number of benzene rings is 1. The first kappa shape index (κ1) is 15.3. The Hall–Kier alpha value is -2.21. The molecule has 24 heavy (non-hydrogen) atoms. The zero-order valence-electron chi connectivity index (χ0n) is 12.9. The zero-order chi connectivity index (χ0) is 16.7. The number of carbonyl (C=O) groups excluding carboxylic acids is 1. The molecule has 2 aromatic rings. The Kier molecular flexibility index (Phi) is 3.64. The Morgan fingerprint density at radius 3 is 2.62 bits per heavy atom. The van der Waals surface area contributed by atoms with Gasteiger partial charge in [0.25, 0.3) is 5.91 Å². The second-order valence-electron chi connectivity index (χ2n) is 6.43. The molecule has 1 aromatic heterocycles. The summed E-state index contributed by atoms with van der Waals surface area (Å²) >= 11 is 5.82. The van der Waals surface area contributed by atoms with E-state index in [0.717, 1.165) is 12.8 Å². The predicted octanol–water partition coefficient (Wildman–Crippen LogP) is 2.99. The van der Waals surface area contributed by atoms with Gasteiger partial charge in [-0.3, -0.25) is 4.79 Å². The fraction of sp³-hybridized carbons (Fsp3) is 0.353. The number of hydrogen-bond donors (Lipinski definition) is 1. The van der Waals surface area contributed by atoms with Gasteiger partial charge in [-0.25, -0.2) is 14.4 Å². The number of amides is 1. The third-order valence-electron chi connectivity index (χ3n) is 4.99. The normalized spacial score (nSPS) is 25.1. The number of aromatic nitrogens is 2. The highest BCUT2D eigenvalue weighted by molar-refractivity contribution is 6.30. The molecule has 1 aromatic carbocycles. The number of halogens is 2. The van der Waals surface area contributed by atoms with Crippen molar-refractivity contribution in [2.45, 2.75) is 18.4 Å². The summed E-state index contributed by atoms with van der Waals surface area (Å²) in [7, 11) is 0. The molecule has 1 amide bonds. The number of nitrogens with zero attached hydrogens (tertiary/aromatic N) is 3. The van der Waals surface area contributed by atoms with Crippen LogP contribution in [-0.2, 0) is 0 Å². The lowest BCUT2D eigenvalue weighted by molar-refractivity contribution is 0.0786. The van der Waals surface area contributed by atoms with Crippen LogP contribution in [0.15, 0.2) is 36.7 Å². The summed E-state index contributed by atoms with van der Waals surface area (Å²) in [4.78, 5) is 22.9. The van der Waals surface area contributed by atoms with Crippen molar-refractivity contribution in [3.63, 3.8) is 0 Å². The maximum Gasteiger partial charge on any atom is 0.253 e. The van der Waals surface area contributed by atoms with E-state index in [-0.39, 0.29) is 17.3 Å². The Morgan fingerprint density at radius 2 is 2.00 bits per heavy atom. The summed E-state index contributed by atoms with van der Waals surface area (Å²) < 4.78 is 13.0. The topological polar surface area (TPSA) is 58.1 Å². The van der Waals surface area contributed by atoms with E-state index in [1.165, 1.54) is 24.3 Å². The number of carbonyl (C=O) groups is 1. The van der Waals surface area contributed by atoms with Crippen molar-refractivity contribution in [1.29, 1.82) is 0 Å². The molecule has 0 radical (unpaired) electrons. The van der Waals surface area contributed by atoms with Crippen LogP contribution in [0.5, 0.6) is 0 Å². The summed E-state index contributed by atoms with van der Waals surface area (Å²) in [6, 6.07) is 5.68. The SMILES string of the molecule is O=C(c1ccc(F)cc1)N1CC2CCC2(Nc2ncc(Cl)cn2)C1. The molecule has 2 atom stereocenters. The second kappa shape index (κ2) is 5.70. The molecule has 7 heteroatoms. The van der Waals surface area contributed by atoms with Crippen molar-refractivity contribution in [2.75, 3.05) is 18.4 Å². The first-order valence-electron chi connectivity index (χ1n) is 7.86. The van der Waals surface area contributed by atoms with E-state index in [9.17, 15) is 9.18 Å². The van der Waals surface area contributed by atoms with Gasteiger partial charge in [-0.1, -0.05) is 11.6 Å². The van der Waals surface area contributed by atoms with Crippen molar-refractivity contribution in [3.8, 4) is 0 Å². The minimum absolute atomic E-state index is 0.0670. The van der Waals surface area contributed by atoms with Crippen LogP contribution in [0, 0.1) is 11.7 Å². The van der Waals surface area contributed by atoms with Crippen LogP contribution in [0.3, 0.4) is 0 Å². The van der Waals surface area contributed by atoms with E-state index in [0.29, 0.717) is 35.5 Å². The monoisotopic (exact) mass is 346 g/mol. The lowest BCUT2D eigenvalue weighted by Gasteiger charge is -2.44. The van der Waals surface area contributed by atoms with Crippen molar-refractivity contribution in [1.82, 2.24) is 14.9 Å². The lowest BCUT2D eigenvalue weighted by atomic mass is 9.69. The number of rotatable bonds is 3. The molecule has 0 spiro atoms. The molecule has 1 N–H and O–H groups in total. The molecule has 1 aliphatic heterocycles. The van der Waals surface area contributed by atoms with E-state index in [1.54, 1.807) is 12.4 Å². The molecule has 2 aliphatic rings. The van der Waals surface area contributed by atoms with E-state index >= 15 is 0 Å². The van der Waals surface area contributed by atoms with Gasteiger partial charge < -0.3 is 10.2 Å². The average Bonchev–Trinajstić information content (AvgIpc) is 2.82. The molecule has 1 saturated heterocycles. The quantitative estimate of drug-likeness (QED) is 0.928. The largest absolute Gasteiger partial charge is 0.347 e. The Balaban J connectivity index is 1.50. The van der Waals surface area contributed by atoms with E-state index in [1.807, 2.05) is 4.90 Å². The second-order valence-corrected chi connectivity index (χ2v) is 6.87. The van der Waals surface area contributed by atoms with Crippen LogP contribution in [0.1, 0.15) is 23.2 Å². The van der Waals surface area contributed by atoms with Crippen molar-refractivity contribution < 1.29 is 9.18 Å². The van der Waals surface area contributed by atoms with Crippen molar-refractivity contribution in [3.05, 3.63) is 53.1 Å². The number of fused-ring (bicyclic) bond motifs is 1. The van der Waals surface area contributed by atoms with Gasteiger partial charge in [0.1, 0.15) is 5.82 Å². The smallest absolute Gasteiger partial charge is 0.253 e. The summed E-state index contributed by atoms with van der Waals surface area (Å²) in [6.07, 6.45) is 5.14. The van der Waals surface area contributed by atoms with Gasteiger partial charge in [-0.2, -0.15) is 0 Å². The molecular weight excluding hydrogens is 331 g/mol. The predicted molar refractivity (Wildman–Crippen MR) is 88.4 cm³/mol. The molecule has 0 bridgehead atoms. The molecule has 4 rings (SSSR count). The number of hydrogen-bond acceptors (Lipinski definition) is 4. The third kappa shape index (κ3) is 2.60. The van der Waals surface area contributed by atoms with Crippen LogP contribution < -0.4 is 5.32 Å². The summed E-state index contributed by atoms with van der Waals surface area (Å²) in [6.45, 7) is 1.29. The highest BCUT2D eigenvalue weighted by Crippen LogP contribution is 2.46. The van der Waals surface area contributed by atoms with Crippen LogP contribution in [0.4, 0.5) is 10.3 Å². The molecule has 2 fully saturated rings. The fourth-order valence-corrected chi connectivity index (χ4v) is 3.67. The minimum Gasteiger partial charge on any atom is -0.347 e. The van der Waals surface area contributed by atoms with Gasteiger partial charge in [0.2, 0.25) is 5.95 Å². The Bertz CT molecular complexity index is 767. The third-order valence-corrected chi connectivity index (χ3v) is 5.19. The number of likely N-dealkylation sites (tertiary alicyclic amines) is 1. The highest BCUT2D eigenvalue weighted by atomic mass is 35.5. The molecule has 2 heterocycles. The van der Waals surface area contributed by atoms with Gasteiger partial charge >= 0.3 is 0 Å². The van der Waals surface area contributed by atoms with Crippen LogP contribution in [-0.4, -0.2) is 39.4 Å². The number of nitrogens with one attached hydrogen (secondary N) is 1. The minimum atomic E-state index is -0.342. The van der Waals surface area contributed by atoms with Crippen molar-refractivity contribution in [2.24, 2.45) is 5.92 Å². The first-order valence-corrected chi connectivity index (χ1v) is 8.24. The summed E-state index contributed by atoms with van der Waals surface area (Å²) in [5.74, 6) is 0.495. The van der Waals surface area contributed by atoms with Crippen LogP contribution >= 0.6 is 11.6 Å². The van der Waals surface area contributed by atoms with E-state index in [4.69, 9.17) is 11.6 Å². The van der Waals surface area contributed by atoms with Crippen LogP contribution in [0.2, 0.25) is 5.02 Å². The molecule has 1 saturated carbocycles. The fourth-order valence-electron chi connectivity index (χ4n) is 3.58. The molecule has 5 nitrogen and oxygen atoms in total. The van der Waals surface area contributed by atoms with Gasteiger partial charge in [-0.05, 0) is 37.1 Å². The molecule has 1 aliphatic carbocycles. The van der Waals surface area contributed by atoms with E-state index in [2.05, 4.69) is 15.3 Å². The van der Waals surface area contributed by atoms with Gasteiger partial charge in [-0.15, -0.1) is 0 Å². The number of anilines is 1. The van der Waals surface area contributed by atoms with Crippen LogP contribution in [0.25, 0.3) is 0 Å². The highest BCUT2D eigenvalue weighted by Gasteiger charge is 2.54. The Labute approximate surface area is 143 Å². The molecular formula is C17H16ClFN4O. The van der Waals surface area contributed by atoms with E-state index < -0.39 is 0 Å². The van der Waals surface area contributed by atoms with Crippen molar-refractivity contribution >= 4 is 23.5 Å². The van der Waals surface area contributed by atoms with Gasteiger partial charge in [0, 0.05) is 24.6 Å². The lowest BCUT2D eigenvalue weighted by Crippen LogP contribution is -2.53. The first-order chi connectivity index (χ1) is 11.6. The standard InChI is InChI=1S/C17H16ClFN4O/c18-13-7-20-16(21-8-13)22-17-6-5-12(17)9-23(10-17)15(24)11-1-3-14(19)4-2-11/h1-4,7-8,12H,5-6,9-10H2,(H,20,21,22).